The van der Waals surface area contributed by atoms with Crippen LogP contribution in [0.2, 0.25) is 5.02 Å². The van der Waals surface area contributed by atoms with E-state index in [0.29, 0.717) is 5.69 Å². The number of para-hydroxylation sites is 1. The minimum Gasteiger partial charge on any atom is -0.318 e. The van der Waals surface area contributed by atoms with Crippen LogP contribution in [-0.4, -0.2) is 10.8 Å². The van der Waals surface area contributed by atoms with Crippen molar-refractivity contribution >= 4 is 23.5 Å². The van der Waals surface area contributed by atoms with Gasteiger partial charge < -0.3 is 4.57 Å². The van der Waals surface area contributed by atoms with E-state index >= 15 is 0 Å². The summed E-state index contributed by atoms with van der Waals surface area (Å²) in [6.07, 6.45) is 1.78. The van der Waals surface area contributed by atoms with Gasteiger partial charge in [0.2, 0.25) is 0 Å². The zero-order chi connectivity index (χ0) is 16.4. The van der Waals surface area contributed by atoms with Gasteiger partial charge in [-0.1, -0.05) is 29.8 Å². The Morgan fingerprint density at radius 2 is 1.78 bits per heavy atom. The molecule has 2 aromatic carbocycles. The standard InChI is InChI=1S/C19H16ClFN2/c1-13-10-15(12-22-16-8-9-19(21)18(20)11-16)14(2)23(13)17-6-4-3-5-7-17/h3-12H,1-2H3. The van der Waals surface area contributed by atoms with Crippen LogP contribution in [0.5, 0.6) is 0 Å². The molecule has 0 spiro atoms. The molecule has 2 nitrogen and oxygen atoms in total. The van der Waals surface area contributed by atoms with E-state index in [2.05, 4.69) is 41.6 Å². The summed E-state index contributed by atoms with van der Waals surface area (Å²) in [5, 5.41) is 0.0782. The third-order valence-electron chi connectivity index (χ3n) is 3.74. The van der Waals surface area contributed by atoms with Crippen LogP contribution in [0, 0.1) is 19.7 Å². The molecule has 1 aromatic heterocycles. The number of aryl methyl sites for hydroxylation is 1. The van der Waals surface area contributed by atoms with E-state index in [-0.39, 0.29) is 5.02 Å². The van der Waals surface area contributed by atoms with Gasteiger partial charge in [-0.15, -0.1) is 0 Å². The topological polar surface area (TPSA) is 17.3 Å². The molecule has 4 heteroatoms. The van der Waals surface area contributed by atoms with Gasteiger partial charge in [0.1, 0.15) is 5.82 Å². The molecular formula is C19H16ClFN2. The average molecular weight is 327 g/mol. The quantitative estimate of drug-likeness (QED) is 0.554. The van der Waals surface area contributed by atoms with Gasteiger partial charge >= 0.3 is 0 Å². The van der Waals surface area contributed by atoms with Crippen LogP contribution in [0.1, 0.15) is 17.0 Å². The number of rotatable bonds is 3. The van der Waals surface area contributed by atoms with Gasteiger partial charge in [0, 0.05) is 28.9 Å². The van der Waals surface area contributed by atoms with Crippen LogP contribution in [0.15, 0.2) is 59.6 Å². The maximum Gasteiger partial charge on any atom is 0.141 e. The van der Waals surface area contributed by atoms with Crippen molar-refractivity contribution in [2.45, 2.75) is 13.8 Å². The highest BCUT2D eigenvalue weighted by atomic mass is 35.5. The van der Waals surface area contributed by atoms with E-state index in [1.165, 1.54) is 12.1 Å². The molecule has 0 radical (unpaired) electrons. The van der Waals surface area contributed by atoms with Crippen LogP contribution in [0.25, 0.3) is 5.69 Å². The Labute approximate surface area is 139 Å². The summed E-state index contributed by atoms with van der Waals surface area (Å²) < 4.78 is 15.4. The second-order valence-corrected chi connectivity index (χ2v) is 5.76. The lowest BCUT2D eigenvalue weighted by molar-refractivity contribution is 0.628. The zero-order valence-electron chi connectivity index (χ0n) is 12.9. The van der Waals surface area contributed by atoms with Crippen molar-refractivity contribution < 1.29 is 4.39 Å². The molecule has 0 amide bonds. The number of hydrogen-bond donors (Lipinski definition) is 0. The van der Waals surface area contributed by atoms with E-state index < -0.39 is 5.82 Å². The summed E-state index contributed by atoms with van der Waals surface area (Å²) >= 11 is 5.78. The van der Waals surface area contributed by atoms with Crippen molar-refractivity contribution in [3.8, 4) is 5.69 Å². The number of benzene rings is 2. The van der Waals surface area contributed by atoms with Gasteiger partial charge in [0.05, 0.1) is 10.7 Å². The molecule has 0 bridgehead atoms. The van der Waals surface area contributed by atoms with Gasteiger partial charge in [-0.3, -0.25) is 4.99 Å². The number of nitrogens with zero attached hydrogens (tertiary/aromatic N) is 2. The zero-order valence-corrected chi connectivity index (χ0v) is 13.7. The highest BCUT2D eigenvalue weighted by Gasteiger charge is 2.09. The van der Waals surface area contributed by atoms with Gasteiger partial charge in [-0.2, -0.15) is 0 Å². The van der Waals surface area contributed by atoms with E-state index in [4.69, 9.17) is 11.6 Å². The number of halogens is 2. The first-order valence-corrected chi connectivity index (χ1v) is 7.67. The van der Waals surface area contributed by atoms with Crippen LogP contribution in [0.4, 0.5) is 10.1 Å². The second-order valence-electron chi connectivity index (χ2n) is 5.35. The molecule has 0 saturated heterocycles. The highest BCUT2D eigenvalue weighted by molar-refractivity contribution is 6.31. The third kappa shape index (κ3) is 3.20. The Morgan fingerprint density at radius 3 is 2.48 bits per heavy atom. The summed E-state index contributed by atoms with van der Waals surface area (Å²) in [6, 6.07) is 16.7. The molecule has 0 atom stereocenters. The van der Waals surface area contributed by atoms with E-state index in [0.717, 1.165) is 22.6 Å². The molecule has 0 aliphatic heterocycles. The van der Waals surface area contributed by atoms with Gasteiger partial charge in [-0.25, -0.2) is 4.39 Å². The van der Waals surface area contributed by atoms with Gasteiger partial charge in [0.25, 0.3) is 0 Å². The smallest absolute Gasteiger partial charge is 0.141 e. The Morgan fingerprint density at radius 1 is 1.04 bits per heavy atom. The number of aromatic nitrogens is 1. The third-order valence-corrected chi connectivity index (χ3v) is 4.03. The fraction of sp³-hybridized carbons (Fsp3) is 0.105. The molecule has 1 heterocycles. The molecule has 116 valence electrons. The van der Waals surface area contributed by atoms with Crippen LogP contribution < -0.4 is 0 Å². The van der Waals surface area contributed by atoms with Crippen molar-refractivity contribution in [1.82, 2.24) is 4.57 Å². The predicted octanol–water partition coefficient (Wildman–Crippen LogP) is 5.64. The van der Waals surface area contributed by atoms with E-state index in [9.17, 15) is 4.39 Å². The van der Waals surface area contributed by atoms with Crippen molar-refractivity contribution in [2.24, 2.45) is 4.99 Å². The monoisotopic (exact) mass is 326 g/mol. The van der Waals surface area contributed by atoms with Crippen molar-refractivity contribution in [2.75, 3.05) is 0 Å². The molecule has 3 aromatic rings. The Balaban J connectivity index is 1.95. The summed E-state index contributed by atoms with van der Waals surface area (Å²) in [6.45, 7) is 4.12. The Hall–Kier alpha value is -2.39. The molecular weight excluding hydrogens is 311 g/mol. The molecule has 0 unspecified atom stereocenters. The molecule has 0 saturated carbocycles. The maximum atomic E-state index is 13.2. The first kappa shape index (κ1) is 15.5. The Kier molecular flexibility index (Phi) is 4.30. The molecule has 0 aliphatic rings. The van der Waals surface area contributed by atoms with Crippen LogP contribution in [-0.2, 0) is 0 Å². The lowest BCUT2D eigenvalue weighted by Gasteiger charge is -2.08. The number of hydrogen-bond acceptors (Lipinski definition) is 1. The first-order valence-electron chi connectivity index (χ1n) is 7.30. The average Bonchev–Trinajstić information content (AvgIpc) is 2.83. The SMILES string of the molecule is Cc1cc(C=Nc2ccc(F)c(Cl)c2)c(C)n1-c1ccccc1. The normalized spacial score (nSPS) is 11.3. The maximum absolute atomic E-state index is 13.2. The lowest BCUT2D eigenvalue weighted by Crippen LogP contribution is -1.98. The Bertz CT molecular complexity index is 867. The number of aliphatic imine (C=N–C) groups is 1. The summed E-state index contributed by atoms with van der Waals surface area (Å²) in [5.74, 6) is -0.437. The minimum absolute atomic E-state index is 0.0782. The van der Waals surface area contributed by atoms with Crippen LogP contribution >= 0.6 is 11.6 Å². The van der Waals surface area contributed by atoms with Crippen molar-refractivity contribution in [3.05, 3.63) is 82.4 Å². The second kappa shape index (κ2) is 6.39. The lowest BCUT2D eigenvalue weighted by atomic mass is 10.2. The molecule has 0 aliphatic carbocycles. The largest absolute Gasteiger partial charge is 0.318 e. The molecule has 0 N–H and O–H groups in total. The molecule has 23 heavy (non-hydrogen) atoms. The van der Waals surface area contributed by atoms with Crippen molar-refractivity contribution in [1.29, 1.82) is 0 Å². The van der Waals surface area contributed by atoms with E-state index in [1.807, 2.05) is 18.2 Å². The van der Waals surface area contributed by atoms with Crippen molar-refractivity contribution in [3.63, 3.8) is 0 Å². The van der Waals surface area contributed by atoms with Gasteiger partial charge in [0.15, 0.2) is 0 Å². The predicted molar refractivity (Wildman–Crippen MR) is 93.9 cm³/mol. The molecule has 3 rings (SSSR count). The summed E-state index contributed by atoms with van der Waals surface area (Å²) in [4.78, 5) is 4.40. The van der Waals surface area contributed by atoms with E-state index in [1.54, 1.807) is 12.3 Å². The molecule has 0 fully saturated rings. The minimum atomic E-state index is -0.437. The summed E-state index contributed by atoms with van der Waals surface area (Å²) in [7, 11) is 0. The first-order chi connectivity index (χ1) is 11.1. The summed E-state index contributed by atoms with van der Waals surface area (Å²) in [5.41, 5.74) is 5.00. The highest BCUT2D eigenvalue weighted by Crippen LogP contribution is 2.23. The van der Waals surface area contributed by atoms with Gasteiger partial charge in [-0.05, 0) is 50.2 Å². The van der Waals surface area contributed by atoms with Crippen LogP contribution in [0.3, 0.4) is 0 Å². The fourth-order valence-electron chi connectivity index (χ4n) is 2.60. The fourth-order valence-corrected chi connectivity index (χ4v) is 2.78.